The van der Waals surface area contributed by atoms with Crippen molar-refractivity contribution in [2.24, 2.45) is 11.8 Å². The normalized spacial score (nSPS) is 33.3. The van der Waals surface area contributed by atoms with Gasteiger partial charge in [-0.1, -0.05) is 23.8 Å². The van der Waals surface area contributed by atoms with E-state index in [2.05, 4.69) is 48.7 Å². The van der Waals surface area contributed by atoms with Gasteiger partial charge in [0.1, 0.15) is 0 Å². The van der Waals surface area contributed by atoms with Crippen LogP contribution in [0.3, 0.4) is 0 Å². The number of fused-ring (bicyclic) bond motifs is 3. The Kier molecular flexibility index (Phi) is 3.99. The molecular formula is C17H23NS. The van der Waals surface area contributed by atoms with Gasteiger partial charge in [0.25, 0.3) is 0 Å². The van der Waals surface area contributed by atoms with Crippen molar-refractivity contribution in [1.82, 2.24) is 4.90 Å². The average Bonchev–Trinajstić information content (AvgIpc) is 2.47. The molecule has 0 aliphatic carbocycles. The van der Waals surface area contributed by atoms with Crippen LogP contribution in [0.25, 0.3) is 0 Å². The van der Waals surface area contributed by atoms with E-state index in [0.717, 1.165) is 17.9 Å². The molecule has 3 aliphatic rings. The quantitative estimate of drug-likeness (QED) is 0.603. The highest BCUT2D eigenvalue weighted by atomic mass is 32.2. The SMILES string of the molecule is C=C[C@H]1CN2CC[C@H]1C[C@H]2CSc1ccc(C)cc1. The molecule has 0 spiro atoms. The first kappa shape index (κ1) is 13.3. The second kappa shape index (κ2) is 5.72. The van der Waals surface area contributed by atoms with Gasteiger partial charge in [0.05, 0.1) is 0 Å². The summed E-state index contributed by atoms with van der Waals surface area (Å²) in [6.45, 7) is 8.69. The van der Waals surface area contributed by atoms with Crippen LogP contribution in [-0.4, -0.2) is 29.8 Å². The Morgan fingerprint density at radius 2 is 2.16 bits per heavy atom. The molecule has 2 bridgehead atoms. The fraction of sp³-hybridized carbons (Fsp3) is 0.529. The van der Waals surface area contributed by atoms with Crippen LogP contribution in [-0.2, 0) is 0 Å². The van der Waals surface area contributed by atoms with Gasteiger partial charge >= 0.3 is 0 Å². The van der Waals surface area contributed by atoms with Crippen LogP contribution < -0.4 is 0 Å². The van der Waals surface area contributed by atoms with E-state index in [4.69, 9.17) is 0 Å². The van der Waals surface area contributed by atoms with E-state index in [1.807, 2.05) is 11.8 Å². The molecule has 3 saturated heterocycles. The summed E-state index contributed by atoms with van der Waals surface area (Å²) in [5.41, 5.74) is 1.35. The van der Waals surface area contributed by atoms with Crippen molar-refractivity contribution in [3.05, 3.63) is 42.5 Å². The molecule has 0 radical (unpaired) electrons. The van der Waals surface area contributed by atoms with Crippen molar-refractivity contribution >= 4 is 11.8 Å². The van der Waals surface area contributed by atoms with Gasteiger partial charge in [-0.15, -0.1) is 18.3 Å². The number of rotatable bonds is 4. The van der Waals surface area contributed by atoms with Crippen LogP contribution in [0.2, 0.25) is 0 Å². The van der Waals surface area contributed by atoms with Crippen molar-refractivity contribution in [3.8, 4) is 0 Å². The summed E-state index contributed by atoms with van der Waals surface area (Å²) in [5.74, 6) is 2.88. The minimum atomic E-state index is 0.745. The van der Waals surface area contributed by atoms with Crippen molar-refractivity contribution in [1.29, 1.82) is 0 Å². The van der Waals surface area contributed by atoms with Crippen molar-refractivity contribution in [2.75, 3.05) is 18.8 Å². The number of aryl methyl sites for hydroxylation is 1. The zero-order valence-electron chi connectivity index (χ0n) is 11.7. The maximum Gasteiger partial charge on any atom is 0.0193 e. The summed E-state index contributed by atoms with van der Waals surface area (Å²) in [7, 11) is 0. The molecule has 102 valence electrons. The Morgan fingerprint density at radius 1 is 1.37 bits per heavy atom. The molecule has 1 aromatic rings. The summed E-state index contributed by atoms with van der Waals surface area (Å²) in [6.07, 6.45) is 4.93. The molecule has 3 aliphatic heterocycles. The maximum absolute atomic E-state index is 4.00. The van der Waals surface area contributed by atoms with Crippen LogP contribution in [0.5, 0.6) is 0 Å². The van der Waals surface area contributed by atoms with Crippen LogP contribution in [0.1, 0.15) is 18.4 Å². The van der Waals surface area contributed by atoms with E-state index in [9.17, 15) is 0 Å². The molecule has 0 saturated carbocycles. The third-order valence-electron chi connectivity index (χ3n) is 4.70. The van der Waals surface area contributed by atoms with Gasteiger partial charge < -0.3 is 0 Å². The summed E-state index contributed by atoms with van der Waals surface area (Å²) < 4.78 is 0. The minimum absolute atomic E-state index is 0.745. The monoisotopic (exact) mass is 273 g/mol. The molecule has 0 amide bonds. The summed E-state index contributed by atoms with van der Waals surface area (Å²) in [6, 6.07) is 9.71. The van der Waals surface area contributed by atoms with Crippen molar-refractivity contribution in [3.63, 3.8) is 0 Å². The minimum Gasteiger partial charge on any atom is -0.299 e. The van der Waals surface area contributed by atoms with Crippen molar-refractivity contribution < 1.29 is 0 Å². The lowest BCUT2D eigenvalue weighted by molar-refractivity contribution is 0.0299. The average molecular weight is 273 g/mol. The number of piperidine rings is 3. The largest absolute Gasteiger partial charge is 0.299 e. The molecule has 4 rings (SSSR count). The predicted octanol–water partition coefficient (Wildman–Crippen LogP) is 3.98. The zero-order valence-corrected chi connectivity index (χ0v) is 12.5. The predicted molar refractivity (Wildman–Crippen MR) is 83.7 cm³/mol. The van der Waals surface area contributed by atoms with Gasteiger partial charge in [-0.05, 0) is 50.3 Å². The highest BCUT2D eigenvalue weighted by molar-refractivity contribution is 7.99. The topological polar surface area (TPSA) is 3.24 Å². The lowest BCUT2D eigenvalue weighted by Crippen LogP contribution is -2.53. The van der Waals surface area contributed by atoms with Crippen molar-refractivity contribution in [2.45, 2.75) is 30.7 Å². The molecular weight excluding hydrogens is 250 g/mol. The fourth-order valence-corrected chi connectivity index (χ4v) is 4.51. The molecule has 3 fully saturated rings. The zero-order chi connectivity index (χ0) is 13.2. The Labute approximate surface area is 121 Å². The van der Waals surface area contributed by atoms with Crippen LogP contribution in [0.4, 0.5) is 0 Å². The number of thioether (sulfide) groups is 1. The van der Waals surface area contributed by atoms with E-state index in [-0.39, 0.29) is 0 Å². The maximum atomic E-state index is 4.00. The molecule has 0 aromatic heterocycles. The molecule has 1 aromatic carbocycles. The first-order valence-electron chi connectivity index (χ1n) is 7.32. The second-order valence-corrected chi connectivity index (χ2v) is 7.05. The molecule has 1 unspecified atom stereocenters. The van der Waals surface area contributed by atoms with Crippen LogP contribution >= 0.6 is 11.8 Å². The van der Waals surface area contributed by atoms with E-state index >= 15 is 0 Å². The molecule has 0 N–H and O–H groups in total. The molecule has 1 nitrogen and oxygen atoms in total. The van der Waals surface area contributed by atoms with Gasteiger partial charge in [0.2, 0.25) is 0 Å². The van der Waals surface area contributed by atoms with Gasteiger partial charge in [-0.3, -0.25) is 4.90 Å². The third kappa shape index (κ3) is 2.90. The highest BCUT2D eigenvalue weighted by Crippen LogP contribution is 2.38. The summed E-state index contributed by atoms with van der Waals surface area (Å²) >= 11 is 2.02. The van der Waals surface area contributed by atoms with Crippen LogP contribution in [0, 0.1) is 18.8 Å². The Balaban J connectivity index is 1.57. The molecule has 4 atom stereocenters. The number of hydrogen-bond acceptors (Lipinski definition) is 2. The fourth-order valence-electron chi connectivity index (χ4n) is 3.45. The molecule has 19 heavy (non-hydrogen) atoms. The van der Waals surface area contributed by atoms with Gasteiger partial charge in [0, 0.05) is 23.2 Å². The van der Waals surface area contributed by atoms with Crippen LogP contribution in [0.15, 0.2) is 41.8 Å². The van der Waals surface area contributed by atoms with E-state index in [0.29, 0.717) is 0 Å². The Morgan fingerprint density at radius 3 is 2.79 bits per heavy atom. The van der Waals surface area contributed by atoms with Gasteiger partial charge in [-0.2, -0.15) is 0 Å². The van der Waals surface area contributed by atoms with E-state index in [1.165, 1.54) is 42.1 Å². The number of benzene rings is 1. The Bertz CT molecular complexity index is 439. The highest BCUT2D eigenvalue weighted by Gasteiger charge is 2.38. The number of nitrogens with zero attached hydrogens (tertiary/aromatic N) is 1. The first-order chi connectivity index (χ1) is 9.26. The van der Waals surface area contributed by atoms with E-state index < -0.39 is 0 Å². The Hall–Kier alpha value is -0.730. The third-order valence-corrected chi connectivity index (χ3v) is 5.85. The summed E-state index contributed by atoms with van der Waals surface area (Å²) in [5, 5.41) is 0. The lowest BCUT2D eigenvalue weighted by atomic mass is 9.76. The van der Waals surface area contributed by atoms with Gasteiger partial charge in [0.15, 0.2) is 0 Å². The molecule has 2 heteroatoms. The van der Waals surface area contributed by atoms with Gasteiger partial charge in [-0.25, -0.2) is 0 Å². The number of hydrogen-bond donors (Lipinski definition) is 0. The standard InChI is InChI=1S/C17H23NS/c1-3-14-11-18-9-8-15(14)10-16(18)12-19-17-6-4-13(2)5-7-17/h3-7,14-16H,1,8-12H2,2H3/t14-,15-,16-/m0/s1. The smallest absolute Gasteiger partial charge is 0.0193 e. The van der Waals surface area contributed by atoms with E-state index in [1.54, 1.807) is 0 Å². The first-order valence-corrected chi connectivity index (χ1v) is 8.31. The second-order valence-electron chi connectivity index (χ2n) is 5.96. The lowest BCUT2D eigenvalue weighted by Gasteiger charge is -2.49. The summed E-state index contributed by atoms with van der Waals surface area (Å²) in [4.78, 5) is 4.10. The molecule has 3 heterocycles.